The second-order valence-corrected chi connectivity index (χ2v) is 4.63. The van der Waals surface area contributed by atoms with Gasteiger partial charge < -0.3 is 4.74 Å². The fraction of sp³-hybridized carbons (Fsp3) is 0.333. The summed E-state index contributed by atoms with van der Waals surface area (Å²) in [6.07, 6.45) is 0. The first-order valence-electron chi connectivity index (χ1n) is 5.26. The Morgan fingerprint density at radius 1 is 1.47 bits per heavy atom. The summed E-state index contributed by atoms with van der Waals surface area (Å²) >= 11 is -0.352. The minimum Gasteiger partial charge on any atom is -0.462 e. The molecule has 0 unspecified atom stereocenters. The molecule has 19 heavy (non-hydrogen) atoms. The highest BCUT2D eigenvalue weighted by Crippen LogP contribution is 2.39. The van der Waals surface area contributed by atoms with Gasteiger partial charge in [-0.1, -0.05) is 0 Å². The maximum Gasteiger partial charge on any atom is 0.446 e. The lowest BCUT2D eigenvalue weighted by atomic mass is 10.1. The number of esters is 1. The van der Waals surface area contributed by atoms with Gasteiger partial charge in [0.1, 0.15) is 0 Å². The van der Waals surface area contributed by atoms with Crippen molar-refractivity contribution in [3.05, 3.63) is 28.8 Å². The second kappa shape index (κ2) is 5.97. The number of thioether (sulfide) groups is 1. The van der Waals surface area contributed by atoms with Crippen LogP contribution in [0.4, 0.5) is 13.2 Å². The predicted octanol–water partition coefficient (Wildman–Crippen LogP) is 3.66. The van der Waals surface area contributed by atoms with E-state index >= 15 is 0 Å². The molecule has 0 N–H and O–H groups in total. The molecule has 0 aliphatic heterocycles. The monoisotopic (exact) mass is 289 g/mol. The van der Waals surface area contributed by atoms with Gasteiger partial charge in [0.2, 0.25) is 0 Å². The van der Waals surface area contributed by atoms with Gasteiger partial charge in [0.15, 0.2) is 0 Å². The van der Waals surface area contributed by atoms with Crippen LogP contribution in [0.3, 0.4) is 0 Å². The van der Waals surface area contributed by atoms with Crippen molar-refractivity contribution in [1.82, 2.24) is 0 Å². The van der Waals surface area contributed by atoms with Gasteiger partial charge in [-0.2, -0.15) is 18.4 Å². The van der Waals surface area contributed by atoms with E-state index in [0.717, 1.165) is 6.07 Å². The minimum absolute atomic E-state index is 0.0253. The van der Waals surface area contributed by atoms with E-state index in [1.807, 2.05) is 0 Å². The van der Waals surface area contributed by atoms with Crippen molar-refractivity contribution in [3.8, 4) is 6.07 Å². The molecular formula is C12H10F3NO2S. The third-order valence-corrected chi connectivity index (χ3v) is 3.09. The summed E-state index contributed by atoms with van der Waals surface area (Å²) in [7, 11) is 0. The molecule has 0 fully saturated rings. The molecule has 0 radical (unpaired) electrons. The Morgan fingerprint density at radius 3 is 2.58 bits per heavy atom. The highest BCUT2D eigenvalue weighted by Gasteiger charge is 2.31. The summed E-state index contributed by atoms with van der Waals surface area (Å²) < 4.78 is 41.9. The van der Waals surface area contributed by atoms with E-state index in [0.29, 0.717) is 0 Å². The number of alkyl halides is 3. The molecule has 102 valence electrons. The van der Waals surface area contributed by atoms with Crippen molar-refractivity contribution in [3.63, 3.8) is 0 Å². The molecule has 0 aromatic heterocycles. The van der Waals surface area contributed by atoms with Crippen LogP contribution >= 0.6 is 11.8 Å². The van der Waals surface area contributed by atoms with E-state index in [2.05, 4.69) is 0 Å². The van der Waals surface area contributed by atoms with Crippen LogP contribution in [0.25, 0.3) is 0 Å². The van der Waals surface area contributed by atoms with E-state index in [4.69, 9.17) is 10.00 Å². The van der Waals surface area contributed by atoms with Crippen molar-refractivity contribution < 1.29 is 22.7 Å². The summed E-state index contributed by atoms with van der Waals surface area (Å²) in [5.41, 5.74) is -4.32. The Balaban J connectivity index is 3.27. The molecule has 0 aliphatic carbocycles. The predicted molar refractivity (Wildman–Crippen MR) is 63.8 cm³/mol. The molecule has 0 aliphatic rings. The van der Waals surface area contributed by atoms with Crippen LogP contribution in [-0.2, 0) is 4.74 Å². The van der Waals surface area contributed by atoms with E-state index in [-0.39, 0.29) is 40.0 Å². The van der Waals surface area contributed by atoms with Gasteiger partial charge in [-0.15, -0.1) is 0 Å². The van der Waals surface area contributed by atoms with Crippen molar-refractivity contribution in [2.45, 2.75) is 24.3 Å². The van der Waals surface area contributed by atoms with E-state index in [1.165, 1.54) is 13.0 Å². The third-order valence-electron chi connectivity index (χ3n) is 2.22. The van der Waals surface area contributed by atoms with Crippen LogP contribution in [0.15, 0.2) is 17.0 Å². The zero-order valence-electron chi connectivity index (χ0n) is 10.2. The lowest BCUT2D eigenvalue weighted by Gasteiger charge is -2.11. The zero-order chi connectivity index (χ0) is 14.6. The van der Waals surface area contributed by atoms with Crippen molar-refractivity contribution in [1.29, 1.82) is 5.26 Å². The standard InChI is InChI=1S/C12H10F3NO2S/c1-3-18-11(17)8-4-9(6-16)7(2)10(5-8)19-12(13,14)15/h4-5H,3H2,1-2H3. The maximum atomic E-state index is 12.4. The Kier molecular flexibility index (Phi) is 4.84. The van der Waals surface area contributed by atoms with Crippen LogP contribution < -0.4 is 0 Å². The molecule has 0 heterocycles. The molecule has 0 spiro atoms. The Hall–Kier alpha value is -1.68. The van der Waals surface area contributed by atoms with Gasteiger partial charge >= 0.3 is 11.5 Å². The summed E-state index contributed by atoms with van der Waals surface area (Å²) in [5, 5.41) is 8.88. The summed E-state index contributed by atoms with van der Waals surface area (Å²) in [5.74, 6) is -0.747. The number of nitriles is 1. The molecule has 1 aromatic carbocycles. The molecule has 1 rings (SSSR count). The highest BCUT2D eigenvalue weighted by molar-refractivity contribution is 8.00. The number of rotatable bonds is 3. The van der Waals surface area contributed by atoms with Gasteiger partial charge in [-0.3, -0.25) is 0 Å². The fourth-order valence-electron chi connectivity index (χ4n) is 1.37. The Morgan fingerprint density at radius 2 is 2.11 bits per heavy atom. The number of halogens is 3. The number of carbonyl (C=O) groups excluding carboxylic acids is 1. The molecule has 0 atom stereocenters. The molecule has 1 aromatic rings. The fourth-order valence-corrected chi connectivity index (χ4v) is 2.07. The van der Waals surface area contributed by atoms with Gasteiger partial charge in [0.05, 0.1) is 23.8 Å². The van der Waals surface area contributed by atoms with Gasteiger partial charge in [0.25, 0.3) is 0 Å². The number of carbonyl (C=O) groups is 1. The van der Waals surface area contributed by atoms with E-state index in [1.54, 1.807) is 13.0 Å². The average molecular weight is 289 g/mol. The van der Waals surface area contributed by atoms with Crippen molar-refractivity contribution in [2.75, 3.05) is 6.61 Å². The number of nitrogens with zero attached hydrogens (tertiary/aromatic N) is 1. The van der Waals surface area contributed by atoms with Crippen LogP contribution in [0.2, 0.25) is 0 Å². The first-order chi connectivity index (χ1) is 8.78. The smallest absolute Gasteiger partial charge is 0.446 e. The molecule has 7 heteroatoms. The van der Waals surface area contributed by atoms with Gasteiger partial charge in [0, 0.05) is 4.90 Å². The minimum atomic E-state index is -4.48. The lowest BCUT2D eigenvalue weighted by molar-refractivity contribution is -0.0328. The SMILES string of the molecule is CCOC(=O)c1cc(C#N)c(C)c(SC(F)(F)F)c1. The largest absolute Gasteiger partial charge is 0.462 e. The molecule has 0 saturated heterocycles. The highest BCUT2D eigenvalue weighted by atomic mass is 32.2. The first kappa shape index (κ1) is 15.4. The van der Waals surface area contributed by atoms with Crippen molar-refractivity contribution >= 4 is 17.7 Å². The normalized spacial score (nSPS) is 10.9. The number of benzene rings is 1. The number of hydrogen-bond donors (Lipinski definition) is 0. The molecular weight excluding hydrogens is 279 g/mol. The van der Waals surface area contributed by atoms with Crippen LogP contribution in [0.5, 0.6) is 0 Å². The first-order valence-corrected chi connectivity index (χ1v) is 6.07. The van der Waals surface area contributed by atoms with E-state index in [9.17, 15) is 18.0 Å². The average Bonchev–Trinajstić information content (AvgIpc) is 2.30. The summed E-state index contributed by atoms with van der Waals surface area (Å²) in [6.45, 7) is 3.10. The summed E-state index contributed by atoms with van der Waals surface area (Å²) in [6, 6.07) is 4.09. The quantitative estimate of drug-likeness (QED) is 0.629. The number of ether oxygens (including phenoxy) is 1. The number of hydrogen-bond acceptors (Lipinski definition) is 4. The van der Waals surface area contributed by atoms with Crippen molar-refractivity contribution in [2.24, 2.45) is 0 Å². The van der Waals surface area contributed by atoms with Gasteiger partial charge in [-0.25, -0.2) is 4.79 Å². The molecule has 0 bridgehead atoms. The van der Waals surface area contributed by atoms with E-state index < -0.39 is 11.5 Å². The molecule has 0 saturated carbocycles. The Labute approximate surface area is 112 Å². The third kappa shape index (κ3) is 4.17. The zero-order valence-corrected chi connectivity index (χ0v) is 11.0. The molecule has 0 amide bonds. The second-order valence-electron chi connectivity index (χ2n) is 3.53. The van der Waals surface area contributed by atoms with Crippen LogP contribution in [0, 0.1) is 18.3 Å². The topological polar surface area (TPSA) is 50.1 Å². The summed E-state index contributed by atoms with van der Waals surface area (Å²) in [4.78, 5) is 11.3. The van der Waals surface area contributed by atoms with Gasteiger partial charge in [-0.05, 0) is 43.3 Å². The maximum absolute atomic E-state index is 12.4. The lowest BCUT2D eigenvalue weighted by Crippen LogP contribution is -2.07. The molecule has 3 nitrogen and oxygen atoms in total. The van der Waals surface area contributed by atoms with Crippen LogP contribution in [-0.4, -0.2) is 18.1 Å². The van der Waals surface area contributed by atoms with Crippen LogP contribution in [0.1, 0.15) is 28.4 Å². The Bertz CT molecular complexity index is 535.